The topological polar surface area (TPSA) is 74.5 Å². The van der Waals surface area contributed by atoms with Gasteiger partial charge in [-0.15, -0.1) is 0 Å². The minimum atomic E-state index is -0.412. The van der Waals surface area contributed by atoms with Crippen LogP contribution in [-0.2, 0) is 0 Å². The van der Waals surface area contributed by atoms with E-state index in [1.54, 1.807) is 12.3 Å². The molecule has 1 fully saturated rings. The predicted molar refractivity (Wildman–Crippen MR) is 73.3 cm³/mol. The van der Waals surface area contributed by atoms with E-state index in [-0.39, 0.29) is 5.69 Å². The third-order valence-corrected chi connectivity index (χ3v) is 3.30. The molecule has 1 aromatic rings. The molecule has 2 heterocycles. The molecule has 104 valence electrons. The summed E-state index contributed by atoms with van der Waals surface area (Å²) in [7, 11) is 2.12. The monoisotopic (exact) mass is 265 g/mol. The Morgan fingerprint density at radius 3 is 2.84 bits per heavy atom. The van der Waals surface area contributed by atoms with Gasteiger partial charge in [-0.25, -0.2) is 4.98 Å². The maximum absolute atomic E-state index is 10.8. The van der Waals surface area contributed by atoms with Gasteiger partial charge >= 0.3 is 5.69 Å². The van der Waals surface area contributed by atoms with E-state index in [1.165, 1.54) is 6.07 Å². The van der Waals surface area contributed by atoms with Crippen LogP contribution in [0.2, 0.25) is 0 Å². The van der Waals surface area contributed by atoms with Crippen LogP contribution in [0, 0.1) is 10.1 Å². The molecule has 1 saturated heterocycles. The quantitative estimate of drug-likeness (QED) is 0.622. The van der Waals surface area contributed by atoms with Gasteiger partial charge in [-0.2, -0.15) is 0 Å². The first-order chi connectivity index (χ1) is 9.16. The minimum absolute atomic E-state index is 0.0286. The Bertz CT molecular complexity index is 432. The largest absolute Gasteiger partial charge is 0.363 e. The average Bonchev–Trinajstić information content (AvgIpc) is 2.41. The van der Waals surface area contributed by atoms with E-state index in [2.05, 4.69) is 27.1 Å². The summed E-state index contributed by atoms with van der Waals surface area (Å²) in [5.41, 5.74) is 0.0286. The first-order valence-corrected chi connectivity index (χ1v) is 6.41. The molecule has 0 aromatic carbocycles. The molecular formula is C12H19N5O2. The second-order valence-corrected chi connectivity index (χ2v) is 4.70. The maximum Gasteiger partial charge on any atom is 0.311 e. The van der Waals surface area contributed by atoms with Crippen molar-refractivity contribution in [1.82, 2.24) is 14.8 Å². The number of nitrogens with zero attached hydrogens (tertiary/aromatic N) is 4. The van der Waals surface area contributed by atoms with Crippen LogP contribution in [-0.4, -0.2) is 66.0 Å². The van der Waals surface area contributed by atoms with Gasteiger partial charge < -0.3 is 10.2 Å². The lowest BCUT2D eigenvalue weighted by atomic mass is 10.3. The first-order valence-electron chi connectivity index (χ1n) is 6.41. The Morgan fingerprint density at radius 1 is 1.42 bits per heavy atom. The molecule has 2 rings (SSSR count). The minimum Gasteiger partial charge on any atom is -0.363 e. The van der Waals surface area contributed by atoms with Gasteiger partial charge in [-0.3, -0.25) is 15.0 Å². The standard InChI is InChI=1S/C12H19N5O2/c1-15-7-9-16(10-8-15)6-5-14-12-11(17(18)19)3-2-4-13-12/h2-4H,5-10H2,1H3,(H,13,14). The summed E-state index contributed by atoms with van der Waals surface area (Å²) >= 11 is 0. The summed E-state index contributed by atoms with van der Waals surface area (Å²) in [6, 6.07) is 3.04. The number of aromatic nitrogens is 1. The van der Waals surface area contributed by atoms with Gasteiger partial charge in [0.25, 0.3) is 0 Å². The molecule has 7 nitrogen and oxygen atoms in total. The van der Waals surface area contributed by atoms with E-state index in [1.807, 2.05) is 0 Å². The van der Waals surface area contributed by atoms with Crippen LogP contribution >= 0.6 is 0 Å². The number of piperazine rings is 1. The van der Waals surface area contributed by atoms with Crippen molar-refractivity contribution in [1.29, 1.82) is 0 Å². The summed E-state index contributed by atoms with van der Waals surface area (Å²) in [5.74, 6) is 0.349. The fourth-order valence-electron chi connectivity index (χ4n) is 2.08. The first kappa shape index (κ1) is 13.7. The maximum atomic E-state index is 10.8. The van der Waals surface area contributed by atoms with Crippen molar-refractivity contribution < 1.29 is 4.92 Å². The third kappa shape index (κ3) is 3.87. The SMILES string of the molecule is CN1CCN(CCNc2ncccc2[N+](=O)[O-])CC1. The third-order valence-electron chi connectivity index (χ3n) is 3.30. The molecule has 0 atom stereocenters. The molecule has 1 aliphatic heterocycles. The lowest BCUT2D eigenvalue weighted by Crippen LogP contribution is -2.45. The van der Waals surface area contributed by atoms with Crippen molar-refractivity contribution in [3.05, 3.63) is 28.4 Å². The van der Waals surface area contributed by atoms with Crippen molar-refractivity contribution in [2.24, 2.45) is 0 Å². The van der Waals surface area contributed by atoms with Crippen LogP contribution < -0.4 is 5.32 Å². The van der Waals surface area contributed by atoms with Crippen LogP contribution in [0.3, 0.4) is 0 Å². The molecule has 0 saturated carbocycles. The summed E-state index contributed by atoms with van der Waals surface area (Å²) in [6.07, 6.45) is 1.56. The van der Waals surface area contributed by atoms with E-state index in [9.17, 15) is 10.1 Å². The molecule has 7 heteroatoms. The normalized spacial score (nSPS) is 17.3. The van der Waals surface area contributed by atoms with Crippen molar-refractivity contribution in [2.75, 3.05) is 51.6 Å². The van der Waals surface area contributed by atoms with Gasteiger partial charge in [-0.1, -0.05) is 0 Å². The molecule has 1 aromatic heterocycles. The molecule has 19 heavy (non-hydrogen) atoms. The highest BCUT2D eigenvalue weighted by molar-refractivity contribution is 5.54. The van der Waals surface area contributed by atoms with Crippen LogP contribution in [0.15, 0.2) is 18.3 Å². The van der Waals surface area contributed by atoms with E-state index in [0.717, 1.165) is 32.7 Å². The zero-order valence-electron chi connectivity index (χ0n) is 11.1. The second kappa shape index (κ2) is 6.44. The number of likely N-dealkylation sites (N-methyl/N-ethyl adjacent to an activating group) is 1. The number of rotatable bonds is 5. The number of hydrogen-bond donors (Lipinski definition) is 1. The zero-order chi connectivity index (χ0) is 13.7. The van der Waals surface area contributed by atoms with Gasteiger partial charge in [0.1, 0.15) is 0 Å². The lowest BCUT2D eigenvalue weighted by molar-refractivity contribution is -0.384. The molecular weight excluding hydrogens is 246 g/mol. The Balaban J connectivity index is 1.81. The van der Waals surface area contributed by atoms with Crippen molar-refractivity contribution in [2.45, 2.75) is 0 Å². The van der Waals surface area contributed by atoms with Gasteiger partial charge in [0.15, 0.2) is 0 Å². The summed E-state index contributed by atoms with van der Waals surface area (Å²) in [6.45, 7) is 5.78. The number of pyridine rings is 1. The van der Waals surface area contributed by atoms with Crippen molar-refractivity contribution >= 4 is 11.5 Å². The van der Waals surface area contributed by atoms with Gasteiger partial charge in [-0.05, 0) is 13.1 Å². The van der Waals surface area contributed by atoms with Crippen LogP contribution in [0.25, 0.3) is 0 Å². The van der Waals surface area contributed by atoms with Crippen LogP contribution in [0.1, 0.15) is 0 Å². The fraction of sp³-hybridized carbons (Fsp3) is 0.583. The molecule has 0 bridgehead atoms. The Morgan fingerprint density at radius 2 is 2.16 bits per heavy atom. The highest BCUT2D eigenvalue weighted by Gasteiger charge is 2.15. The molecule has 0 aliphatic carbocycles. The lowest BCUT2D eigenvalue weighted by Gasteiger charge is -2.32. The number of hydrogen-bond acceptors (Lipinski definition) is 6. The molecule has 0 spiro atoms. The molecule has 1 N–H and O–H groups in total. The molecule has 0 radical (unpaired) electrons. The molecule has 1 aliphatic rings. The predicted octanol–water partition coefficient (Wildman–Crippen LogP) is 0.649. The Kier molecular flexibility index (Phi) is 4.64. The second-order valence-electron chi connectivity index (χ2n) is 4.70. The molecule has 0 amide bonds. The Labute approximate surface area is 112 Å². The smallest absolute Gasteiger partial charge is 0.311 e. The van der Waals surface area contributed by atoms with Gasteiger partial charge in [0, 0.05) is 51.5 Å². The van der Waals surface area contributed by atoms with Crippen molar-refractivity contribution in [3.63, 3.8) is 0 Å². The fourth-order valence-corrected chi connectivity index (χ4v) is 2.08. The average molecular weight is 265 g/mol. The van der Waals surface area contributed by atoms with Crippen LogP contribution in [0.5, 0.6) is 0 Å². The number of nitro groups is 1. The summed E-state index contributed by atoms with van der Waals surface area (Å²) in [4.78, 5) is 19.1. The summed E-state index contributed by atoms with van der Waals surface area (Å²) in [5, 5.41) is 13.9. The highest BCUT2D eigenvalue weighted by atomic mass is 16.6. The number of anilines is 1. The number of nitrogens with one attached hydrogen (secondary N) is 1. The highest BCUT2D eigenvalue weighted by Crippen LogP contribution is 2.19. The van der Waals surface area contributed by atoms with Crippen LogP contribution in [0.4, 0.5) is 11.5 Å². The van der Waals surface area contributed by atoms with Gasteiger partial charge in [0.05, 0.1) is 4.92 Å². The molecule has 0 unspecified atom stereocenters. The van der Waals surface area contributed by atoms with E-state index < -0.39 is 4.92 Å². The Hall–Kier alpha value is -1.73. The van der Waals surface area contributed by atoms with E-state index >= 15 is 0 Å². The van der Waals surface area contributed by atoms with E-state index in [4.69, 9.17) is 0 Å². The zero-order valence-corrected chi connectivity index (χ0v) is 11.1. The summed E-state index contributed by atoms with van der Waals surface area (Å²) < 4.78 is 0. The van der Waals surface area contributed by atoms with Gasteiger partial charge in [0.2, 0.25) is 5.82 Å². The van der Waals surface area contributed by atoms with E-state index in [0.29, 0.717) is 12.4 Å². The van der Waals surface area contributed by atoms with Crippen molar-refractivity contribution in [3.8, 4) is 0 Å².